The van der Waals surface area contributed by atoms with Crippen molar-refractivity contribution in [1.82, 2.24) is 0 Å². The molecule has 3 aliphatic heterocycles. The number of ether oxygens (including phenoxy) is 2. The van der Waals surface area contributed by atoms with Gasteiger partial charge in [0.25, 0.3) is 6.71 Å². The van der Waals surface area contributed by atoms with Crippen molar-refractivity contribution in [2.75, 3.05) is 4.90 Å². The fourth-order valence-electron chi connectivity index (χ4n) is 6.58. The Balaban J connectivity index is 1.21. The second-order valence-electron chi connectivity index (χ2n) is 12.4. The van der Waals surface area contributed by atoms with Gasteiger partial charge in [0.2, 0.25) is 0 Å². The molecule has 0 aliphatic carbocycles. The number of benzene rings is 5. The van der Waals surface area contributed by atoms with Gasteiger partial charge in [-0.3, -0.25) is 4.99 Å². The van der Waals surface area contributed by atoms with Gasteiger partial charge in [-0.15, -0.1) is 0 Å². The van der Waals surface area contributed by atoms with Crippen molar-refractivity contribution in [3.8, 4) is 34.1 Å². The van der Waals surface area contributed by atoms with Crippen LogP contribution in [0.25, 0.3) is 11.1 Å². The van der Waals surface area contributed by atoms with E-state index in [4.69, 9.17) is 14.5 Å². The molecule has 4 nitrogen and oxygen atoms in total. The molecule has 3 heterocycles. The molecule has 0 spiro atoms. The van der Waals surface area contributed by atoms with Crippen LogP contribution in [0.15, 0.2) is 120 Å². The highest BCUT2D eigenvalue weighted by Crippen LogP contribution is 2.43. The van der Waals surface area contributed by atoms with E-state index in [1.807, 2.05) is 18.2 Å². The number of hydrogen-bond acceptors (Lipinski definition) is 4. The van der Waals surface area contributed by atoms with Crippen LogP contribution in [0.2, 0.25) is 0 Å². The molecule has 0 saturated carbocycles. The number of hydrogen-bond donors (Lipinski definition) is 0. The third-order valence-corrected chi connectivity index (χ3v) is 9.44. The largest absolute Gasteiger partial charge is 0.458 e. The first-order chi connectivity index (χ1) is 20.3. The van der Waals surface area contributed by atoms with E-state index in [0.717, 1.165) is 56.7 Å². The van der Waals surface area contributed by atoms with Crippen molar-refractivity contribution in [2.45, 2.75) is 38.8 Å². The lowest BCUT2D eigenvalue weighted by atomic mass is 9.35. The fourth-order valence-corrected chi connectivity index (χ4v) is 6.58. The van der Waals surface area contributed by atoms with Gasteiger partial charge in [0, 0.05) is 16.7 Å². The summed E-state index contributed by atoms with van der Waals surface area (Å²) in [6, 6.07) is 40.3. The van der Waals surface area contributed by atoms with Crippen molar-refractivity contribution in [1.29, 1.82) is 0 Å². The quantitative estimate of drug-likeness (QED) is 0.226. The third-order valence-electron chi connectivity index (χ3n) is 9.44. The van der Waals surface area contributed by atoms with Gasteiger partial charge >= 0.3 is 0 Å². The Kier molecular flexibility index (Phi) is 5.27. The summed E-state index contributed by atoms with van der Waals surface area (Å²) in [5.41, 5.74) is 7.38. The SMILES string of the molecule is CC1(C)N=C(c2ccccc2)N(c2ccc(-c3cc4c5c(c3)Oc3ccccc3B5c3ccccc3O4)cc2)C1(C)C. The number of rotatable bonds is 3. The van der Waals surface area contributed by atoms with E-state index in [2.05, 4.69) is 130 Å². The van der Waals surface area contributed by atoms with E-state index in [0.29, 0.717) is 0 Å². The van der Waals surface area contributed by atoms with E-state index >= 15 is 0 Å². The van der Waals surface area contributed by atoms with E-state index in [1.165, 1.54) is 10.9 Å². The van der Waals surface area contributed by atoms with Crippen molar-refractivity contribution in [3.63, 3.8) is 0 Å². The van der Waals surface area contributed by atoms with Crippen LogP contribution in [0.1, 0.15) is 33.3 Å². The van der Waals surface area contributed by atoms with Crippen LogP contribution in [-0.2, 0) is 0 Å². The Morgan fingerprint density at radius 2 is 1.12 bits per heavy atom. The van der Waals surface area contributed by atoms with Gasteiger partial charge in [-0.2, -0.15) is 0 Å². The Morgan fingerprint density at radius 1 is 0.571 bits per heavy atom. The second-order valence-corrected chi connectivity index (χ2v) is 12.4. The number of nitrogens with zero attached hydrogens (tertiary/aromatic N) is 2. The average molecular weight is 546 g/mol. The van der Waals surface area contributed by atoms with Crippen LogP contribution in [0.3, 0.4) is 0 Å². The van der Waals surface area contributed by atoms with Crippen LogP contribution in [-0.4, -0.2) is 23.6 Å². The standard InChI is InChI=1S/C37H31BN2O2/c1-36(2)37(3,4)40(35(39-36)25-12-6-5-7-13-25)27-20-18-24(19-21-27)26-22-32-34-33(23-26)42-31-17-11-9-15-29(31)38(34)28-14-8-10-16-30(28)41-32/h5-23H,1-4H3. The molecule has 0 amide bonds. The lowest BCUT2D eigenvalue weighted by Gasteiger charge is -2.41. The lowest BCUT2D eigenvalue weighted by molar-refractivity contribution is 0.338. The molecule has 204 valence electrons. The van der Waals surface area contributed by atoms with Gasteiger partial charge in [0.05, 0.1) is 11.1 Å². The van der Waals surface area contributed by atoms with E-state index in [9.17, 15) is 0 Å². The predicted octanol–water partition coefficient (Wildman–Crippen LogP) is 6.91. The summed E-state index contributed by atoms with van der Waals surface area (Å²) in [6.45, 7) is 9.06. The summed E-state index contributed by atoms with van der Waals surface area (Å²) in [4.78, 5) is 7.59. The Morgan fingerprint density at radius 3 is 1.71 bits per heavy atom. The summed E-state index contributed by atoms with van der Waals surface area (Å²) in [7, 11) is 0. The maximum atomic E-state index is 6.52. The molecule has 0 radical (unpaired) electrons. The van der Waals surface area contributed by atoms with E-state index < -0.39 is 0 Å². The maximum absolute atomic E-state index is 6.52. The molecule has 0 saturated heterocycles. The highest BCUT2D eigenvalue weighted by atomic mass is 16.5. The number of para-hydroxylation sites is 2. The van der Waals surface area contributed by atoms with Crippen molar-refractivity contribution < 1.29 is 9.47 Å². The molecule has 0 bridgehead atoms. The zero-order valence-electron chi connectivity index (χ0n) is 24.3. The van der Waals surface area contributed by atoms with Gasteiger partial charge in [-0.25, -0.2) is 0 Å². The first-order valence-electron chi connectivity index (χ1n) is 14.6. The van der Waals surface area contributed by atoms with Crippen LogP contribution < -0.4 is 30.8 Å². The van der Waals surface area contributed by atoms with E-state index in [1.54, 1.807) is 0 Å². The minimum Gasteiger partial charge on any atom is -0.458 e. The van der Waals surface area contributed by atoms with Gasteiger partial charge in [-0.1, -0.05) is 78.9 Å². The predicted molar refractivity (Wildman–Crippen MR) is 173 cm³/mol. The minimum atomic E-state index is -0.254. The number of anilines is 1. The number of amidine groups is 1. The van der Waals surface area contributed by atoms with Crippen LogP contribution in [0.5, 0.6) is 23.0 Å². The molecule has 8 rings (SSSR count). The normalized spacial score (nSPS) is 16.9. The molecule has 0 unspecified atom stereocenters. The zero-order valence-corrected chi connectivity index (χ0v) is 24.3. The first kappa shape index (κ1) is 25.0. The molecule has 0 fully saturated rings. The van der Waals surface area contributed by atoms with Gasteiger partial charge in [-0.05, 0) is 86.1 Å². The van der Waals surface area contributed by atoms with Crippen LogP contribution in [0.4, 0.5) is 5.69 Å². The van der Waals surface area contributed by atoms with Crippen molar-refractivity contribution in [3.05, 3.63) is 121 Å². The molecule has 0 N–H and O–H groups in total. The summed E-state index contributed by atoms with van der Waals surface area (Å²) < 4.78 is 13.0. The van der Waals surface area contributed by atoms with Crippen LogP contribution in [0, 0.1) is 0 Å². The van der Waals surface area contributed by atoms with Crippen molar-refractivity contribution in [2.24, 2.45) is 4.99 Å². The molecule has 5 aromatic rings. The number of aliphatic imine (C=N–C) groups is 1. The lowest BCUT2D eigenvalue weighted by Crippen LogP contribution is -2.57. The molecular weight excluding hydrogens is 515 g/mol. The van der Waals surface area contributed by atoms with Gasteiger partial charge < -0.3 is 14.4 Å². The maximum Gasteiger partial charge on any atom is 0.260 e. The Bertz CT molecular complexity index is 1820. The number of fused-ring (bicyclic) bond motifs is 4. The summed E-state index contributed by atoms with van der Waals surface area (Å²) in [5.74, 6) is 4.51. The summed E-state index contributed by atoms with van der Waals surface area (Å²) >= 11 is 0. The fraction of sp³-hybridized carbons (Fsp3) is 0.162. The molecule has 5 aromatic carbocycles. The monoisotopic (exact) mass is 546 g/mol. The molecule has 3 aliphatic rings. The molecule has 0 atom stereocenters. The molecule has 0 aromatic heterocycles. The average Bonchev–Trinajstić information content (AvgIpc) is 3.20. The molecule has 5 heteroatoms. The molecule has 42 heavy (non-hydrogen) atoms. The summed E-state index contributed by atoms with van der Waals surface area (Å²) in [5, 5.41) is 0. The topological polar surface area (TPSA) is 34.1 Å². The summed E-state index contributed by atoms with van der Waals surface area (Å²) in [6.07, 6.45) is 0. The zero-order chi connectivity index (χ0) is 28.6. The van der Waals surface area contributed by atoms with Crippen LogP contribution >= 0.6 is 0 Å². The Hall–Kier alpha value is -4.77. The third kappa shape index (κ3) is 3.59. The smallest absolute Gasteiger partial charge is 0.260 e. The van der Waals surface area contributed by atoms with E-state index in [-0.39, 0.29) is 17.8 Å². The second kappa shape index (κ2) is 8.87. The minimum absolute atomic E-state index is 0.0813. The first-order valence-corrected chi connectivity index (χ1v) is 14.6. The Labute approximate surface area is 247 Å². The van der Waals surface area contributed by atoms with Gasteiger partial charge in [0.15, 0.2) is 0 Å². The molecular formula is C37H31BN2O2. The highest BCUT2D eigenvalue weighted by Gasteiger charge is 2.49. The highest BCUT2D eigenvalue weighted by molar-refractivity contribution is 6.98. The van der Waals surface area contributed by atoms with Crippen molar-refractivity contribution >= 4 is 34.6 Å². The van der Waals surface area contributed by atoms with Gasteiger partial charge in [0.1, 0.15) is 28.8 Å².